The highest BCUT2D eigenvalue weighted by atomic mass is 35.5. The molecular weight excluding hydrogens is 458 g/mol. The van der Waals surface area contributed by atoms with Crippen LogP contribution < -0.4 is 16.0 Å². The van der Waals surface area contributed by atoms with Crippen LogP contribution in [0.15, 0.2) is 42.7 Å². The van der Waals surface area contributed by atoms with Crippen LogP contribution in [0.4, 0.5) is 17.1 Å². The fraction of sp³-hybridized carbons (Fsp3) is 0.292. The van der Waals surface area contributed by atoms with Gasteiger partial charge in [0.15, 0.2) is 0 Å². The van der Waals surface area contributed by atoms with Gasteiger partial charge in [-0.15, -0.1) is 11.6 Å². The first-order valence-corrected chi connectivity index (χ1v) is 11.4. The number of hydrogen-bond acceptors (Lipinski definition) is 4. The molecule has 34 heavy (non-hydrogen) atoms. The molecule has 10 heteroatoms. The Balaban J connectivity index is 1.72. The van der Waals surface area contributed by atoms with Crippen molar-refractivity contribution in [3.05, 3.63) is 59.7 Å². The molecule has 180 valence electrons. The minimum Gasteiger partial charge on any atom is -0.508 e. The van der Waals surface area contributed by atoms with Gasteiger partial charge in [-0.2, -0.15) is 0 Å². The molecule has 0 atom stereocenters. The Morgan fingerprint density at radius 3 is 2.09 bits per heavy atom. The number of aryl methyl sites for hydroxylation is 3. The summed E-state index contributed by atoms with van der Waals surface area (Å²) in [5, 5.41) is 18.1. The summed E-state index contributed by atoms with van der Waals surface area (Å²) < 4.78 is 3.23. The third kappa shape index (κ3) is 5.99. The summed E-state index contributed by atoms with van der Waals surface area (Å²) in [6, 6.07) is 7.84. The smallest absolute Gasteiger partial charge is 0.272 e. The highest BCUT2D eigenvalue weighted by Crippen LogP contribution is 2.24. The van der Waals surface area contributed by atoms with Gasteiger partial charge in [0.05, 0.1) is 11.4 Å². The average molecular weight is 486 g/mol. The second kappa shape index (κ2) is 10.9. The molecule has 3 rings (SSSR count). The molecule has 0 bridgehead atoms. The van der Waals surface area contributed by atoms with Crippen molar-refractivity contribution < 1.29 is 19.5 Å². The lowest BCUT2D eigenvalue weighted by molar-refractivity contribution is -0.116. The molecule has 3 amide bonds. The van der Waals surface area contributed by atoms with Crippen molar-refractivity contribution in [2.24, 2.45) is 14.1 Å². The Hall–Kier alpha value is -3.72. The number of benzene rings is 1. The van der Waals surface area contributed by atoms with E-state index in [1.807, 2.05) is 6.92 Å². The molecule has 0 radical (unpaired) electrons. The average Bonchev–Trinajstić information content (AvgIpc) is 3.32. The monoisotopic (exact) mass is 485 g/mol. The summed E-state index contributed by atoms with van der Waals surface area (Å²) in [6.45, 7) is 1.92. The minimum absolute atomic E-state index is 0.0933. The van der Waals surface area contributed by atoms with E-state index in [1.165, 1.54) is 6.07 Å². The molecule has 9 nitrogen and oxygen atoms in total. The highest BCUT2D eigenvalue weighted by molar-refractivity contribution is 6.18. The number of halogens is 1. The molecule has 0 saturated heterocycles. The van der Waals surface area contributed by atoms with Crippen molar-refractivity contribution >= 4 is 46.4 Å². The Bertz CT molecular complexity index is 1210. The zero-order valence-electron chi connectivity index (χ0n) is 19.3. The summed E-state index contributed by atoms with van der Waals surface area (Å²) in [6.07, 6.45) is 4.93. The molecule has 2 heterocycles. The molecule has 0 fully saturated rings. The summed E-state index contributed by atoms with van der Waals surface area (Å²) in [7, 11) is 3.41. The maximum absolute atomic E-state index is 12.9. The van der Waals surface area contributed by atoms with Gasteiger partial charge in [0, 0.05) is 44.5 Å². The zero-order valence-corrected chi connectivity index (χ0v) is 20.1. The van der Waals surface area contributed by atoms with Crippen LogP contribution in [0.1, 0.15) is 46.3 Å². The van der Waals surface area contributed by atoms with Gasteiger partial charge in [-0.25, -0.2) is 0 Å². The van der Waals surface area contributed by atoms with E-state index in [4.69, 9.17) is 11.6 Å². The van der Waals surface area contributed by atoms with Crippen LogP contribution in [0, 0.1) is 0 Å². The quantitative estimate of drug-likeness (QED) is 0.269. The highest BCUT2D eigenvalue weighted by Gasteiger charge is 2.18. The number of phenols is 1. The third-order valence-corrected chi connectivity index (χ3v) is 5.38. The van der Waals surface area contributed by atoms with Gasteiger partial charge in [0.25, 0.3) is 11.8 Å². The molecule has 0 spiro atoms. The Labute approximate surface area is 202 Å². The molecule has 0 unspecified atom stereocenters. The van der Waals surface area contributed by atoms with Crippen molar-refractivity contribution in [1.29, 1.82) is 0 Å². The number of aromatic hydroxyl groups is 1. The summed E-state index contributed by atoms with van der Waals surface area (Å²) in [4.78, 5) is 37.5. The number of carbonyl (C=O) groups is 3. The van der Waals surface area contributed by atoms with Gasteiger partial charge >= 0.3 is 0 Å². The molecular formula is C24H28ClN5O4. The van der Waals surface area contributed by atoms with E-state index in [1.54, 1.807) is 59.9 Å². The number of amides is 3. The lowest BCUT2D eigenvalue weighted by Gasteiger charge is -2.11. The molecule has 0 aliphatic rings. The largest absolute Gasteiger partial charge is 0.508 e. The maximum Gasteiger partial charge on any atom is 0.272 e. The predicted molar refractivity (Wildman–Crippen MR) is 133 cm³/mol. The molecule has 0 aliphatic heterocycles. The number of nitrogens with one attached hydrogen (secondary N) is 3. The van der Waals surface area contributed by atoms with Crippen LogP contribution in [-0.2, 0) is 25.3 Å². The first-order chi connectivity index (χ1) is 16.2. The van der Waals surface area contributed by atoms with Gasteiger partial charge < -0.3 is 30.2 Å². The SMILES string of the molecule is CCCC(=O)Nc1cc(C(=O)Nc2cc(C(=O)Nc3ccc(O)cc3CCCl)n(C)c2)n(C)c1. The van der Waals surface area contributed by atoms with Crippen LogP contribution in [-0.4, -0.2) is 37.8 Å². The van der Waals surface area contributed by atoms with Gasteiger partial charge in [0.2, 0.25) is 5.91 Å². The molecule has 3 aromatic rings. The van der Waals surface area contributed by atoms with Crippen molar-refractivity contribution in [1.82, 2.24) is 9.13 Å². The van der Waals surface area contributed by atoms with Crippen molar-refractivity contribution in [3.63, 3.8) is 0 Å². The normalized spacial score (nSPS) is 10.7. The molecule has 0 saturated carbocycles. The van der Waals surface area contributed by atoms with Crippen LogP contribution in [0.2, 0.25) is 0 Å². The number of hydrogen-bond donors (Lipinski definition) is 4. The summed E-state index contributed by atoms with van der Waals surface area (Å²) in [5.41, 5.74) is 2.95. The molecule has 4 N–H and O–H groups in total. The van der Waals surface area contributed by atoms with E-state index < -0.39 is 0 Å². The minimum atomic E-state index is -0.376. The fourth-order valence-corrected chi connectivity index (χ4v) is 3.76. The standard InChI is InChI=1S/C24H28ClN5O4/c1-4-5-22(32)26-16-11-20(29(2)13-16)23(33)27-17-12-21(30(3)14-17)24(34)28-19-7-6-18(31)10-15(19)8-9-25/h6-7,10-14,31H,4-5,8-9H2,1-3H3,(H,26,32)(H,27,33)(H,28,34). The van der Waals surface area contributed by atoms with E-state index in [-0.39, 0.29) is 23.5 Å². The summed E-state index contributed by atoms with van der Waals surface area (Å²) in [5.74, 6) is -0.420. The van der Waals surface area contributed by atoms with Crippen LogP contribution in [0.3, 0.4) is 0 Å². The Kier molecular flexibility index (Phi) is 8.01. The molecule has 0 aliphatic carbocycles. The van der Waals surface area contributed by atoms with Crippen molar-refractivity contribution in [3.8, 4) is 5.75 Å². The summed E-state index contributed by atoms with van der Waals surface area (Å²) >= 11 is 5.83. The van der Waals surface area contributed by atoms with Crippen molar-refractivity contribution in [2.45, 2.75) is 26.2 Å². The maximum atomic E-state index is 12.9. The first kappa shape index (κ1) is 24.9. The van der Waals surface area contributed by atoms with Crippen LogP contribution >= 0.6 is 11.6 Å². The number of phenolic OH excluding ortho intramolecular Hbond substituents is 1. The van der Waals surface area contributed by atoms with Crippen LogP contribution in [0.25, 0.3) is 0 Å². The van der Waals surface area contributed by atoms with Crippen LogP contribution in [0.5, 0.6) is 5.75 Å². The number of nitrogens with zero attached hydrogens (tertiary/aromatic N) is 2. The lowest BCUT2D eigenvalue weighted by Crippen LogP contribution is -2.16. The second-order valence-corrected chi connectivity index (χ2v) is 8.31. The van der Waals surface area contributed by atoms with Gasteiger partial charge in [-0.3, -0.25) is 14.4 Å². The van der Waals surface area contributed by atoms with E-state index in [0.29, 0.717) is 47.2 Å². The number of carbonyl (C=O) groups excluding carboxylic acids is 3. The van der Waals surface area contributed by atoms with E-state index >= 15 is 0 Å². The van der Waals surface area contributed by atoms with Crippen molar-refractivity contribution in [2.75, 3.05) is 21.8 Å². The number of rotatable bonds is 9. The Morgan fingerprint density at radius 1 is 0.912 bits per heavy atom. The van der Waals surface area contributed by atoms with Gasteiger partial charge in [0.1, 0.15) is 17.1 Å². The first-order valence-electron chi connectivity index (χ1n) is 10.8. The second-order valence-electron chi connectivity index (χ2n) is 7.94. The lowest BCUT2D eigenvalue weighted by atomic mass is 10.1. The van der Waals surface area contributed by atoms with E-state index in [0.717, 1.165) is 12.0 Å². The number of anilines is 3. The van der Waals surface area contributed by atoms with Gasteiger partial charge in [-0.1, -0.05) is 6.92 Å². The molecule has 2 aromatic heterocycles. The van der Waals surface area contributed by atoms with Gasteiger partial charge in [-0.05, 0) is 48.7 Å². The number of alkyl halides is 1. The zero-order chi connectivity index (χ0) is 24.8. The fourth-order valence-electron chi connectivity index (χ4n) is 3.56. The molecule has 1 aromatic carbocycles. The van der Waals surface area contributed by atoms with E-state index in [2.05, 4.69) is 16.0 Å². The topological polar surface area (TPSA) is 117 Å². The Morgan fingerprint density at radius 2 is 1.50 bits per heavy atom. The third-order valence-electron chi connectivity index (χ3n) is 5.19. The predicted octanol–water partition coefficient (Wildman–Crippen LogP) is 4.09. The van der Waals surface area contributed by atoms with E-state index in [9.17, 15) is 19.5 Å². The number of aromatic nitrogens is 2.